The first-order valence-electron chi connectivity index (χ1n) is 21.7. The molecule has 354 valence electrons. The molecule has 4 fully saturated rings. The Morgan fingerprint density at radius 2 is 1.46 bits per heavy atom. The molecule has 11 unspecified atom stereocenters. The highest BCUT2D eigenvalue weighted by molar-refractivity contribution is 5.92. The maximum absolute atomic E-state index is 13.2. The van der Waals surface area contributed by atoms with Crippen molar-refractivity contribution in [3.05, 3.63) is 92.1 Å². The van der Waals surface area contributed by atoms with Crippen molar-refractivity contribution in [1.29, 1.82) is 0 Å². The fourth-order valence-electron chi connectivity index (χ4n) is 8.73. The zero-order valence-corrected chi connectivity index (χ0v) is 37.5. The molecule has 65 heavy (non-hydrogen) atoms. The summed E-state index contributed by atoms with van der Waals surface area (Å²) in [7, 11) is 0. The molecule has 0 aliphatic carbocycles. The number of carbonyl (C=O) groups is 1. The number of hydrogen-bond acceptors (Lipinski definition) is 19. The van der Waals surface area contributed by atoms with Crippen molar-refractivity contribution in [3.63, 3.8) is 0 Å². The molecule has 6 heterocycles. The van der Waals surface area contributed by atoms with E-state index in [1.165, 1.54) is 12.1 Å². The molecule has 2 N–H and O–H groups in total. The summed E-state index contributed by atoms with van der Waals surface area (Å²) in [6, 6.07) is 14.7. The van der Waals surface area contributed by atoms with E-state index >= 15 is 0 Å². The van der Waals surface area contributed by atoms with Gasteiger partial charge in [0.2, 0.25) is 24.2 Å². The second-order valence-corrected chi connectivity index (χ2v) is 17.4. The largest absolute Gasteiger partial charge is 0.456 e. The molecule has 0 spiro atoms. The molecule has 8 rings (SSSR count). The Balaban J connectivity index is 0.999. The number of carbonyl (C=O) groups excluding carboxylic acids is 1. The monoisotopic (exact) mass is 912 g/mol. The lowest BCUT2D eigenvalue weighted by Crippen LogP contribution is -2.66. The van der Waals surface area contributed by atoms with Gasteiger partial charge in [-0.15, -0.1) is 0 Å². The summed E-state index contributed by atoms with van der Waals surface area (Å²) in [6.07, 6.45) is -8.63. The van der Waals surface area contributed by atoms with Crippen LogP contribution < -0.4 is 11.3 Å². The number of fused-ring (bicyclic) bond motifs is 4. The Morgan fingerprint density at radius 3 is 2.20 bits per heavy atom. The van der Waals surface area contributed by atoms with Crippen LogP contribution in [0.15, 0.2) is 73.0 Å². The van der Waals surface area contributed by atoms with Crippen molar-refractivity contribution in [2.45, 2.75) is 140 Å². The van der Waals surface area contributed by atoms with Gasteiger partial charge in [0.1, 0.15) is 53.9 Å². The molecule has 4 aliphatic rings. The highest BCUT2D eigenvalue weighted by atomic mass is 16.9. The predicted molar refractivity (Wildman–Crippen MR) is 224 cm³/mol. The number of aliphatic hydroxyl groups excluding tert-OH is 2. The molecule has 0 amide bonds. The van der Waals surface area contributed by atoms with E-state index in [0.29, 0.717) is 21.9 Å². The van der Waals surface area contributed by atoms with Gasteiger partial charge in [0.25, 0.3) is 0 Å². The summed E-state index contributed by atoms with van der Waals surface area (Å²) in [5, 5.41) is 22.9. The summed E-state index contributed by atoms with van der Waals surface area (Å²) < 4.78 is 84.5. The van der Waals surface area contributed by atoms with Crippen LogP contribution in [0.1, 0.15) is 83.2 Å². The molecule has 4 aliphatic heterocycles. The van der Waals surface area contributed by atoms with Gasteiger partial charge in [-0.3, -0.25) is 0 Å². The number of benzene rings is 2. The Labute approximate surface area is 373 Å². The topological polar surface area (TPSA) is 229 Å². The van der Waals surface area contributed by atoms with E-state index in [2.05, 4.69) is 0 Å². The standard InChI is InChI=1S/C46H56O19/c1-9-52-36-35-34(61-45(8,62-35)23-54-38(49)28-18-26-13-11-12-14-30(26)56-39(28)50)32(21-47)60-46(36,55-10-2)20-25-15-16-31-27(17-25)19-29(40(51)57-31)37(48)53-22-33-24(3)59-43(4,5)64-42-41(58-33)63-44(6,7)65-42/h11-19,24,32-37,41-42,47-48H,9-10,20-23H2,1-8H3. The van der Waals surface area contributed by atoms with Gasteiger partial charge in [-0.05, 0) is 91.3 Å². The van der Waals surface area contributed by atoms with E-state index in [1.807, 2.05) is 0 Å². The number of esters is 1. The minimum atomic E-state index is -1.73. The first kappa shape index (κ1) is 47.3. The zero-order chi connectivity index (χ0) is 46.5. The van der Waals surface area contributed by atoms with E-state index in [-0.39, 0.29) is 43.0 Å². The molecule has 19 nitrogen and oxygen atoms in total. The summed E-state index contributed by atoms with van der Waals surface area (Å²) in [5.74, 6) is -6.14. The maximum atomic E-state index is 13.2. The van der Waals surface area contributed by atoms with Gasteiger partial charge in [0, 0.05) is 30.4 Å². The van der Waals surface area contributed by atoms with E-state index in [9.17, 15) is 24.6 Å². The number of ether oxygens (including phenoxy) is 12. The van der Waals surface area contributed by atoms with E-state index < -0.39 is 109 Å². The molecule has 11 atom stereocenters. The van der Waals surface area contributed by atoms with Crippen LogP contribution in [0.5, 0.6) is 0 Å². The number of para-hydroxylation sites is 1. The summed E-state index contributed by atoms with van der Waals surface area (Å²) in [6.45, 7) is 13.1. The van der Waals surface area contributed by atoms with Crippen LogP contribution in [0.25, 0.3) is 21.9 Å². The zero-order valence-electron chi connectivity index (χ0n) is 37.5. The van der Waals surface area contributed by atoms with Crippen LogP contribution >= 0.6 is 0 Å². The lowest BCUT2D eigenvalue weighted by molar-refractivity contribution is -0.360. The van der Waals surface area contributed by atoms with Gasteiger partial charge >= 0.3 is 17.2 Å². The second-order valence-electron chi connectivity index (χ2n) is 17.4. The van der Waals surface area contributed by atoms with Crippen molar-refractivity contribution in [2.75, 3.05) is 33.0 Å². The second kappa shape index (κ2) is 18.5. The molecular formula is C46H56O19. The first-order valence-corrected chi connectivity index (χ1v) is 21.7. The van der Waals surface area contributed by atoms with Crippen molar-refractivity contribution in [2.24, 2.45) is 0 Å². The smallest absolute Gasteiger partial charge is 0.351 e. The molecular weight excluding hydrogens is 856 g/mol. The van der Waals surface area contributed by atoms with Gasteiger partial charge in [0.05, 0.1) is 24.9 Å². The average molecular weight is 913 g/mol. The van der Waals surface area contributed by atoms with E-state index in [0.717, 1.165) is 0 Å². The molecule has 0 saturated carbocycles. The highest BCUT2D eigenvalue weighted by Crippen LogP contribution is 2.45. The van der Waals surface area contributed by atoms with Crippen LogP contribution in [-0.2, 0) is 63.3 Å². The Morgan fingerprint density at radius 1 is 0.769 bits per heavy atom. The third-order valence-electron chi connectivity index (χ3n) is 11.5. The predicted octanol–water partition coefficient (Wildman–Crippen LogP) is 4.33. The normalized spacial score (nSPS) is 32.4. The molecule has 0 radical (unpaired) electrons. The first-order chi connectivity index (χ1) is 30.8. The molecule has 4 saturated heterocycles. The number of rotatable bonds is 14. The fraction of sp³-hybridized carbons (Fsp3) is 0.587. The molecule has 2 aromatic carbocycles. The average Bonchev–Trinajstić information content (AvgIpc) is 3.74. The van der Waals surface area contributed by atoms with Crippen molar-refractivity contribution < 1.29 is 80.7 Å². The number of hydrogen-bond donors (Lipinski definition) is 2. The Kier molecular flexibility index (Phi) is 13.4. The Bertz CT molecular complexity index is 2460. The lowest BCUT2D eigenvalue weighted by Gasteiger charge is -2.49. The minimum absolute atomic E-state index is 0.0448. The van der Waals surface area contributed by atoms with Gasteiger partial charge in [-0.25, -0.2) is 14.4 Å². The van der Waals surface area contributed by atoms with E-state index in [4.69, 9.17) is 65.7 Å². The summed E-state index contributed by atoms with van der Waals surface area (Å²) in [4.78, 5) is 39.1. The molecule has 4 aromatic rings. The summed E-state index contributed by atoms with van der Waals surface area (Å²) >= 11 is 0. The van der Waals surface area contributed by atoms with Gasteiger partial charge in [-0.2, -0.15) is 0 Å². The quantitative estimate of drug-likeness (QED) is 0.102. The lowest BCUT2D eigenvalue weighted by atomic mass is 9.88. The van der Waals surface area contributed by atoms with E-state index in [1.54, 1.807) is 97.9 Å². The maximum Gasteiger partial charge on any atom is 0.351 e. The third-order valence-corrected chi connectivity index (χ3v) is 11.5. The van der Waals surface area contributed by atoms with Gasteiger partial charge < -0.3 is 75.9 Å². The highest BCUT2D eigenvalue weighted by Gasteiger charge is 2.63. The van der Waals surface area contributed by atoms with Crippen LogP contribution in [0.3, 0.4) is 0 Å². The van der Waals surface area contributed by atoms with Crippen molar-refractivity contribution >= 4 is 27.9 Å². The summed E-state index contributed by atoms with van der Waals surface area (Å²) in [5.41, 5.74) is -0.940. The van der Waals surface area contributed by atoms with Crippen LogP contribution in [0, 0.1) is 0 Å². The van der Waals surface area contributed by atoms with Crippen LogP contribution in [-0.4, -0.2) is 122 Å². The molecule has 0 bridgehead atoms. The minimum Gasteiger partial charge on any atom is -0.456 e. The van der Waals surface area contributed by atoms with Crippen LogP contribution in [0.2, 0.25) is 0 Å². The van der Waals surface area contributed by atoms with Gasteiger partial charge in [0.15, 0.2) is 17.9 Å². The number of aliphatic hydroxyl groups is 2. The molecule has 2 aromatic heterocycles. The van der Waals surface area contributed by atoms with Gasteiger partial charge in [-0.1, -0.05) is 24.3 Å². The van der Waals surface area contributed by atoms with Crippen molar-refractivity contribution in [3.8, 4) is 0 Å². The third kappa shape index (κ3) is 9.94. The fourth-order valence-corrected chi connectivity index (χ4v) is 8.73. The Hall–Kier alpha value is -4.19. The van der Waals surface area contributed by atoms with Crippen molar-refractivity contribution in [1.82, 2.24) is 0 Å². The molecule has 19 heteroatoms. The SMILES string of the molecule is CCOC1C2OC(C)(COC(=O)c3cc4ccccc4oc3=O)OC2C(CO)OC1(Cc1ccc2oc(=O)c(C(O)OCC3OC4OC(C)(C)OC4OC(C)(C)OC3C)cc2c1)OCC. The van der Waals surface area contributed by atoms with Crippen LogP contribution in [0.4, 0.5) is 0 Å².